The Morgan fingerprint density at radius 2 is 1.72 bits per heavy atom. The van der Waals surface area contributed by atoms with Crippen molar-refractivity contribution in [2.75, 3.05) is 13.1 Å². The lowest BCUT2D eigenvalue weighted by Crippen LogP contribution is -2.28. The van der Waals surface area contributed by atoms with Gasteiger partial charge in [0.25, 0.3) is 0 Å². The number of rotatable bonds is 5. The monoisotopic (exact) mass is 340 g/mol. The summed E-state index contributed by atoms with van der Waals surface area (Å²) < 4.78 is 0. The first-order valence-electron chi connectivity index (χ1n) is 10.1. The van der Waals surface area contributed by atoms with Crippen molar-refractivity contribution >= 4 is 17.8 Å². The first kappa shape index (κ1) is 18.2. The van der Waals surface area contributed by atoms with Crippen molar-refractivity contribution in [1.29, 1.82) is 0 Å². The molecule has 25 heavy (non-hydrogen) atoms. The quantitative estimate of drug-likeness (QED) is 0.397. The number of benzene rings is 1. The van der Waals surface area contributed by atoms with E-state index in [1.54, 1.807) is 0 Å². The van der Waals surface area contributed by atoms with Gasteiger partial charge in [-0.1, -0.05) is 32.1 Å². The number of hydrogen-bond acceptors (Lipinski definition) is 2. The number of aryl methyl sites for hydroxylation is 2. The first-order valence-corrected chi connectivity index (χ1v) is 10.1. The number of aliphatic imine (C=N–C) groups is 1. The molecule has 0 atom stereocenters. The fourth-order valence-electron chi connectivity index (χ4n) is 4.18. The van der Waals surface area contributed by atoms with E-state index in [-0.39, 0.29) is 0 Å². The highest BCUT2D eigenvalue weighted by atomic mass is 16.1. The van der Waals surface area contributed by atoms with Gasteiger partial charge in [-0.15, -0.1) is 0 Å². The second kappa shape index (κ2) is 8.64. The van der Waals surface area contributed by atoms with Crippen molar-refractivity contribution < 1.29 is 4.79 Å². The molecule has 0 radical (unpaired) electrons. The van der Waals surface area contributed by atoms with Crippen LogP contribution < -0.4 is 0 Å². The zero-order valence-electron chi connectivity index (χ0n) is 15.9. The lowest BCUT2D eigenvalue weighted by molar-refractivity contribution is 0.0949. The summed E-state index contributed by atoms with van der Waals surface area (Å²) in [4.78, 5) is 19.8. The van der Waals surface area contributed by atoms with Gasteiger partial charge in [-0.05, 0) is 62.3 Å². The molecule has 3 rings (SSSR count). The van der Waals surface area contributed by atoms with Gasteiger partial charge in [0.05, 0.1) is 12.0 Å². The van der Waals surface area contributed by atoms with Crippen LogP contribution >= 0.6 is 0 Å². The van der Waals surface area contributed by atoms with Gasteiger partial charge in [-0.25, -0.2) is 4.99 Å². The molecule has 3 heteroatoms. The summed E-state index contributed by atoms with van der Waals surface area (Å²) in [5.41, 5.74) is 4.07. The molecular formula is C22H32N2O. The normalized spacial score (nSPS) is 19.5. The van der Waals surface area contributed by atoms with Gasteiger partial charge in [-0.3, -0.25) is 4.79 Å². The molecule has 2 fully saturated rings. The first-order chi connectivity index (χ1) is 12.1. The number of carbonyl (C=O) groups excluding carboxylic acids is 1. The van der Waals surface area contributed by atoms with Crippen LogP contribution in [0.2, 0.25) is 0 Å². The second-order valence-electron chi connectivity index (χ2n) is 7.93. The predicted molar refractivity (Wildman–Crippen MR) is 105 cm³/mol. The van der Waals surface area contributed by atoms with Gasteiger partial charge in [0, 0.05) is 25.1 Å². The third-order valence-corrected chi connectivity index (χ3v) is 5.79. The summed E-state index contributed by atoms with van der Waals surface area (Å²) >= 11 is 0. The highest BCUT2D eigenvalue weighted by molar-refractivity contribution is 5.98. The number of Topliss-reactive ketones (excluding diaryl/α,β-unsaturated/α-hetero) is 1. The van der Waals surface area contributed by atoms with E-state index in [1.807, 2.05) is 13.3 Å². The largest absolute Gasteiger partial charge is 0.363 e. The van der Waals surface area contributed by atoms with Crippen LogP contribution in [0.25, 0.3) is 0 Å². The van der Waals surface area contributed by atoms with Crippen LogP contribution in [0.4, 0.5) is 5.69 Å². The fraction of sp³-hybridized carbons (Fsp3) is 0.636. The lowest BCUT2D eigenvalue weighted by Gasteiger charge is -2.24. The van der Waals surface area contributed by atoms with E-state index in [1.165, 1.54) is 51.4 Å². The van der Waals surface area contributed by atoms with E-state index in [9.17, 15) is 4.79 Å². The highest BCUT2D eigenvalue weighted by Gasteiger charge is 2.19. The van der Waals surface area contributed by atoms with Gasteiger partial charge >= 0.3 is 0 Å². The molecule has 0 aromatic heterocycles. The van der Waals surface area contributed by atoms with Crippen LogP contribution in [0.5, 0.6) is 0 Å². The topological polar surface area (TPSA) is 32.7 Å². The minimum atomic E-state index is 0.319. The number of piperidine rings is 1. The van der Waals surface area contributed by atoms with Crippen molar-refractivity contribution in [1.82, 2.24) is 4.90 Å². The number of nitrogens with zero attached hydrogens (tertiary/aromatic N) is 2. The van der Waals surface area contributed by atoms with Crippen LogP contribution in [-0.2, 0) is 0 Å². The van der Waals surface area contributed by atoms with Gasteiger partial charge < -0.3 is 4.90 Å². The average Bonchev–Trinajstić information content (AvgIpc) is 2.63. The molecule has 0 amide bonds. The Bertz CT molecular complexity index is 623. The summed E-state index contributed by atoms with van der Waals surface area (Å²) in [6.07, 6.45) is 12.9. The molecular weight excluding hydrogens is 308 g/mol. The Morgan fingerprint density at radius 3 is 2.44 bits per heavy atom. The maximum Gasteiger partial charge on any atom is 0.163 e. The Balaban J connectivity index is 1.68. The molecule has 1 aromatic carbocycles. The summed E-state index contributed by atoms with van der Waals surface area (Å²) in [5, 5.41) is 0. The minimum absolute atomic E-state index is 0.319. The number of ketones is 1. The molecule has 1 aliphatic heterocycles. The van der Waals surface area contributed by atoms with Crippen molar-refractivity contribution in [2.45, 2.75) is 71.6 Å². The van der Waals surface area contributed by atoms with Crippen molar-refractivity contribution in [3.63, 3.8) is 0 Å². The van der Waals surface area contributed by atoms with Crippen molar-refractivity contribution in [2.24, 2.45) is 10.9 Å². The Kier molecular flexibility index (Phi) is 6.28. The predicted octanol–water partition coefficient (Wildman–Crippen LogP) is 5.60. The maximum absolute atomic E-state index is 12.8. The van der Waals surface area contributed by atoms with Crippen molar-refractivity contribution in [3.05, 3.63) is 28.8 Å². The number of likely N-dealkylation sites (tertiary alicyclic amines) is 1. The van der Waals surface area contributed by atoms with Gasteiger partial charge in [0.2, 0.25) is 0 Å². The fourth-order valence-corrected chi connectivity index (χ4v) is 4.18. The summed E-state index contributed by atoms with van der Waals surface area (Å²) in [6, 6.07) is 4.15. The molecule has 0 N–H and O–H groups in total. The van der Waals surface area contributed by atoms with Crippen LogP contribution in [-0.4, -0.2) is 30.1 Å². The van der Waals surface area contributed by atoms with E-state index < -0.39 is 0 Å². The molecule has 1 heterocycles. The van der Waals surface area contributed by atoms with Crippen LogP contribution in [0.3, 0.4) is 0 Å². The summed E-state index contributed by atoms with van der Waals surface area (Å²) in [6.45, 7) is 6.34. The van der Waals surface area contributed by atoms with E-state index in [0.29, 0.717) is 11.7 Å². The molecule has 0 unspecified atom stereocenters. The Morgan fingerprint density at radius 1 is 1.04 bits per heavy atom. The van der Waals surface area contributed by atoms with Gasteiger partial charge in [-0.2, -0.15) is 0 Å². The Hall–Kier alpha value is -1.64. The standard InChI is InChI=1S/C22H32N2O/c1-17-14-21(23-16-24-11-7-4-8-12-24)18(2)13-20(17)22(25)15-19-9-5-3-6-10-19/h13-14,16,19H,3-12,15H2,1-2H3. The molecule has 1 saturated carbocycles. The van der Waals surface area contributed by atoms with E-state index in [2.05, 4.69) is 24.0 Å². The third-order valence-electron chi connectivity index (χ3n) is 5.79. The maximum atomic E-state index is 12.8. The van der Waals surface area contributed by atoms with E-state index >= 15 is 0 Å². The number of carbonyl (C=O) groups is 1. The van der Waals surface area contributed by atoms with Gasteiger partial charge in [0.15, 0.2) is 5.78 Å². The molecule has 1 saturated heterocycles. The van der Waals surface area contributed by atoms with E-state index in [0.717, 1.165) is 41.9 Å². The minimum Gasteiger partial charge on any atom is -0.363 e. The SMILES string of the molecule is Cc1cc(C(=O)CC2CCCCC2)c(C)cc1N=CN1CCCCC1. The van der Waals surface area contributed by atoms with Crippen LogP contribution in [0.1, 0.15) is 79.3 Å². The molecule has 1 aliphatic carbocycles. The molecule has 2 aliphatic rings. The number of hydrogen-bond donors (Lipinski definition) is 0. The molecule has 3 nitrogen and oxygen atoms in total. The summed E-state index contributed by atoms with van der Waals surface area (Å²) in [7, 11) is 0. The zero-order valence-corrected chi connectivity index (χ0v) is 15.9. The Labute approximate surface area is 152 Å². The lowest BCUT2D eigenvalue weighted by atomic mass is 9.84. The van der Waals surface area contributed by atoms with Crippen molar-refractivity contribution in [3.8, 4) is 0 Å². The van der Waals surface area contributed by atoms with Crippen LogP contribution in [0.15, 0.2) is 17.1 Å². The van der Waals surface area contributed by atoms with Gasteiger partial charge in [0.1, 0.15) is 0 Å². The molecule has 0 spiro atoms. The van der Waals surface area contributed by atoms with Crippen LogP contribution in [0, 0.1) is 19.8 Å². The molecule has 136 valence electrons. The molecule has 0 bridgehead atoms. The van der Waals surface area contributed by atoms with E-state index in [4.69, 9.17) is 4.99 Å². The second-order valence-corrected chi connectivity index (χ2v) is 7.93. The third kappa shape index (κ3) is 4.93. The summed E-state index contributed by atoms with van der Waals surface area (Å²) in [5.74, 6) is 0.914. The molecule has 1 aromatic rings. The smallest absolute Gasteiger partial charge is 0.163 e. The highest BCUT2D eigenvalue weighted by Crippen LogP contribution is 2.30. The zero-order chi connectivity index (χ0) is 17.6. The average molecular weight is 341 g/mol.